The van der Waals surface area contributed by atoms with Crippen molar-refractivity contribution in [2.45, 2.75) is 80.1 Å². The van der Waals surface area contributed by atoms with E-state index >= 15 is 13.2 Å². The van der Waals surface area contributed by atoms with Crippen LogP contribution in [0, 0.1) is 78.0 Å². The highest BCUT2D eigenvalue weighted by molar-refractivity contribution is 6.51. The van der Waals surface area contributed by atoms with E-state index in [9.17, 15) is 48.9 Å². The molecular formula is C93H78Cl11F4N21O6. The maximum absolute atomic E-state index is 15.6. The second kappa shape index (κ2) is 40.5. The van der Waals surface area contributed by atoms with Crippen LogP contribution in [0.5, 0.6) is 0 Å². The van der Waals surface area contributed by atoms with Crippen molar-refractivity contribution < 1.29 is 31.9 Å². The molecule has 15 rings (SSSR count). The fourth-order valence-electron chi connectivity index (χ4n) is 16.6. The number of halogens is 15. The van der Waals surface area contributed by atoms with E-state index in [1.165, 1.54) is 50.1 Å². The molecule has 9 aromatic heterocycles. The first-order chi connectivity index (χ1) is 64.0. The Morgan fingerprint density at radius 1 is 0.378 bits per heavy atom. The van der Waals surface area contributed by atoms with Crippen LogP contribution in [0.4, 0.5) is 51.7 Å². The molecule has 0 atom stereocenters. The van der Waals surface area contributed by atoms with Crippen LogP contribution < -0.4 is 48.6 Å². The molecule has 3 amide bonds. The Morgan fingerprint density at radius 2 is 0.615 bits per heavy atom. The van der Waals surface area contributed by atoms with Crippen molar-refractivity contribution in [3.8, 4) is 69.0 Å². The van der Waals surface area contributed by atoms with Gasteiger partial charge in [0.05, 0.1) is 141 Å². The van der Waals surface area contributed by atoms with Gasteiger partial charge in [0.15, 0.2) is 23.3 Å². The number of hydrogen-bond acceptors (Lipinski definition) is 21. The fourth-order valence-corrected chi connectivity index (χ4v) is 19.1. The third-order valence-electron chi connectivity index (χ3n) is 23.2. The third-order valence-corrected chi connectivity index (χ3v) is 27.5. The molecule has 6 N–H and O–H groups in total. The number of nitriles is 3. The number of nitrogen functional groups attached to an aromatic ring is 3. The predicted octanol–water partition coefficient (Wildman–Crippen LogP) is 20.2. The van der Waals surface area contributed by atoms with Gasteiger partial charge in [0.1, 0.15) is 56.9 Å². The number of aromatic nitrogens is 9. The van der Waals surface area contributed by atoms with Crippen molar-refractivity contribution in [1.82, 2.24) is 58.3 Å². The van der Waals surface area contributed by atoms with Gasteiger partial charge in [-0.2, -0.15) is 15.8 Å². The summed E-state index contributed by atoms with van der Waals surface area (Å²) >= 11 is 69.8. The monoisotopic (exact) mass is 2050 g/mol. The smallest absolute Gasteiger partial charge is 0.276 e. The molecule has 27 nitrogen and oxygen atoms in total. The van der Waals surface area contributed by atoms with Gasteiger partial charge in [0.2, 0.25) is 17.7 Å². The number of aryl methyl sites for hydroxylation is 3. The maximum atomic E-state index is 15.6. The zero-order valence-corrected chi connectivity index (χ0v) is 81.5. The van der Waals surface area contributed by atoms with E-state index in [0.29, 0.717) is 138 Å². The number of anilines is 6. The van der Waals surface area contributed by atoms with Crippen LogP contribution >= 0.6 is 128 Å². The first kappa shape index (κ1) is 100. The summed E-state index contributed by atoms with van der Waals surface area (Å²) in [4.78, 5) is 118. The minimum atomic E-state index is -1.16. The van der Waals surface area contributed by atoms with Gasteiger partial charge in [-0.05, 0) is 110 Å². The Bertz CT molecular complexity index is 6640. The van der Waals surface area contributed by atoms with Crippen molar-refractivity contribution in [1.29, 1.82) is 15.8 Å². The Kier molecular flexibility index (Phi) is 30.1. The summed E-state index contributed by atoms with van der Waals surface area (Å²) in [5, 5.41) is 28.8. The number of rotatable bonds is 15. The first-order valence-corrected chi connectivity index (χ1v) is 45.5. The van der Waals surface area contributed by atoms with E-state index in [1.807, 2.05) is 65.2 Å². The average Bonchev–Trinajstić information content (AvgIpc) is 0.728. The average molecular weight is 2050 g/mol. The summed E-state index contributed by atoms with van der Waals surface area (Å²) in [6.07, 6.45) is 8.58. The molecule has 12 heterocycles. The molecule has 3 saturated heterocycles. The van der Waals surface area contributed by atoms with Gasteiger partial charge in [-0.15, -0.1) is 0 Å². The summed E-state index contributed by atoms with van der Waals surface area (Å²) in [6, 6.07) is 15.9. The molecule has 12 aromatic rings. The predicted molar refractivity (Wildman–Crippen MR) is 527 cm³/mol. The Morgan fingerprint density at radius 3 is 0.859 bits per heavy atom. The van der Waals surface area contributed by atoms with E-state index in [0.717, 1.165) is 0 Å². The van der Waals surface area contributed by atoms with Crippen molar-refractivity contribution in [2.24, 2.45) is 0 Å². The normalized spacial score (nSPS) is 13.4. The zero-order valence-electron chi connectivity index (χ0n) is 73.2. The number of fused-ring (bicyclic) bond motifs is 3. The van der Waals surface area contributed by atoms with Crippen LogP contribution in [0.25, 0.3) is 83.9 Å². The molecule has 42 heteroatoms. The van der Waals surface area contributed by atoms with E-state index in [-0.39, 0.29) is 157 Å². The Labute approximate surface area is 824 Å². The van der Waals surface area contributed by atoms with Gasteiger partial charge >= 0.3 is 0 Å². The minimum Gasteiger partial charge on any atom is -0.396 e. The fraction of sp³-hybridized carbons (Fsp3) is 0.258. The van der Waals surface area contributed by atoms with Gasteiger partial charge in [0.25, 0.3) is 16.7 Å². The molecule has 0 saturated carbocycles. The van der Waals surface area contributed by atoms with Crippen LogP contribution in [0.2, 0.25) is 55.2 Å². The standard InChI is InChI=1S/2C31H26Cl4FN7O2.C31H26Cl3F2N7O2/c2*1-5-19(44)41-8-10-42(11-9-41)29-16-12-18(32)27(20-21(33)22(34)23(35)24(36)25(20)38)40-30(16)43(31(45)17(29)13-37)28-15(4)6-7-39-26(28)14(2)3;1-5-19(44)41-8-10-42(11-9-41)29-16-12-18(32)27(20-23(35)21(33)22(34)24(36)25(20)38)40-30(16)43(31(45)17(29)13-37)28-15(4)6-7-39-26(28)14(2)3/h3*5-7,12,14H,1,8-11,38H2,2-4H3. The SMILES string of the molecule is C=CC(=O)N1CCN(c2c(C#N)c(=O)n(-c3c(C)ccnc3C(C)C)c3nc(-c4c(N)c(F)c(Cl)c(Cl)c4Cl)c(Cl)cc23)CC1.C=CC(=O)N1CCN(c2c(C#N)c(=O)n(-c3c(C)ccnc3C(C)C)c3nc(-c4c(N)c(F)c(Cl)c(Cl)c4Cl)c(Cl)cc23)CC1.C=CC(=O)N1CCN(c2c(C#N)c(=O)n(-c3c(C)ccnc3C(C)C)c3nc(-c4c(N)c(F)c(Cl)c(Cl)c4F)c(Cl)cc23)CC1. The van der Waals surface area contributed by atoms with Crippen LogP contribution in [0.3, 0.4) is 0 Å². The highest BCUT2D eigenvalue weighted by Crippen LogP contribution is 2.51. The topological polar surface area (TPSA) is 363 Å². The number of carbonyl (C=O) groups excluding carboxylic acids is 3. The molecule has 3 fully saturated rings. The lowest BCUT2D eigenvalue weighted by Crippen LogP contribution is -2.49. The number of hydrogen-bond donors (Lipinski definition) is 3. The number of nitrogens with zero attached hydrogens (tertiary/aromatic N) is 18. The molecule has 0 bridgehead atoms. The highest BCUT2D eigenvalue weighted by Gasteiger charge is 2.38. The molecule has 3 aliphatic rings. The van der Waals surface area contributed by atoms with Crippen LogP contribution in [-0.2, 0) is 14.4 Å². The quantitative estimate of drug-likeness (QED) is 0.0282. The second-order valence-corrected chi connectivity index (χ2v) is 36.5. The molecule has 3 aliphatic heterocycles. The van der Waals surface area contributed by atoms with Crippen LogP contribution in [0.15, 0.2) is 107 Å². The van der Waals surface area contributed by atoms with Gasteiger partial charge in [-0.3, -0.25) is 57.4 Å². The lowest BCUT2D eigenvalue weighted by atomic mass is 10.0. The van der Waals surface area contributed by atoms with Gasteiger partial charge in [-0.25, -0.2) is 32.5 Å². The van der Waals surface area contributed by atoms with Crippen molar-refractivity contribution >= 4 is 213 Å². The molecule has 135 heavy (non-hydrogen) atoms. The van der Waals surface area contributed by atoms with Crippen LogP contribution in [0.1, 0.15) is 110 Å². The van der Waals surface area contributed by atoms with Crippen LogP contribution in [-0.4, -0.2) is 155 Å². The third kappa shape index (κ3) is 18.0. The summed E-state index contributed by atoms with van der Waals surface area (Å²) < 4.78 is 64.6. The van der Waals surface area contributed by atoms with E-state index < -0.39 is 82.7 Å². The zero-order chi connectivity index (χ0) is 98.7. The highest BCUT2D eigenvalue weighted by atomic mass is 35.5. The lowest BCUT2D eigenvalue weighted by molar-refractivity contribution is -0.127. The summed E-state index contributed by atoms with van der Waals surface area (Å²) in [5.41, 5.74) is 19.1. The Hall–Kier alpha value is -12.0. The van der Waals surface area contributed by atoms with Gasteiger partial charge in [-0.1, -0.05) is 189 Å². The summed E-state index contributed by atoms with van der Waals surface area (Å²) in [5.74, 6) is -5.41. The number of pyridine rings is 9. The number of nitrogens with two attached hydrogens (primary N) is 3. The second-order valence-electron chi connectivity index (χ2n) is 32.2. The first-order valence-electron chi connectivity index (χ1n) is 41.3. The van der Waals surface area contributed by atoms with E-state index in [2.05, 4.69) is 57.9 Å². The van der Waals surface area contributed by atoms with Gasteiger partial charge in [0, 0.05) is 124 Å². The van der Waals surface area contributed by atoms with Crippen molar-refractivity contribution in [2.75, 3.05) is 110 Å². The minimum absolute atomic E-state index is 0.00306. The number of benzene rings is 3. The van der Waals surface area contributed by atoms with Gasteiger partial charge < -0.3 is 46.6 Å². The summed E-state index contributed by atoms with van der Waals surface area (Å²) in [7, 11) is 0. The number of carbonyl (C=O) groups is 3. The maximum Gasteiger partial charge on any atom is 0.276 e. The number of amides is 3. The molecule has 0 radical (unpaired) electrons. The molecule has 0 aliphatic carbocycles. The molecule has 696 valence electrons. The molecule has 3 aromatic carbocycles. The Balaban J connectivity index is 0.000000171. The van der Waals surface area contributed by atoms with E-state index in [1.54, 1.807) is 63.3 Å². The summed E-state index contributed by atoms with van der Waals surface area (Å²) in [6.45, 7) is 31.2. The lowest BCUT2D eigenvalue weighted by Gasteiger charge is -2.36. The number of piperazine rings is 3. The molecule has 0 unspecified atom stereocenters. The molecule has 0 spiro atoms. The van der Waals surface area contributed by atoms with Crippen molar-refractivity contribution in [3.63, 3.8) is 0 Å². The van der Waals surface area contributed by atoms with Crippen molar-refractivity contribution in [3.05, 3.63) is 253 Å². The molecular weight excluding hydrogens is 1970 g/mol. The van der Waals surface area contributed by atoms with E-state index in [4.69, 9.17) is 155 Å². The largest absolute Gasteiger partial charge is 0.396 e.